The number of ether oxygens (including phenoxy) is 1. The van der Waals surface area contributed by atoms with Crippen molar-refractivity contribution in [1.29, 1.82) is 0 Å². The summed E-state index contributed by atoms with van der Waals surface area (Å²) in [4.78, 5) is 26.0. The zero-order valence-electron chi connectivity index (χ0n) is 13.3. The van der Waals surface area contributed by atoms with Crippen LogP contribution in [-0.2, 0) is 20.9 Å². The van der Waals surface area contributed by atoms with Crippen LogP contribution in [0.4, 0.5) is 0 Å². The first kappa shape index (κ1) is 16.5. The monoisotopic (exact) mass is 304 g/mol. The Morgan fingerprint density at radius 1 is 1.36 bits per heavy atom. The molecule has 0 aliphatic carbocycles. The number of piperazine rings is 1. The molecule has 0 radical (unpaired) electrons. The fraction of sp³-hybridized carbons (Fsp3) is 0.529. The number of esters is 1. The molecule has 0 unspecified atom stereocenters. The maximum atomic E-state index is 12.1. The van der Waals surface area contributed by atoms with E-state index < -0.39 is 6.04 Å². The molecule has 1 aliphatic rings. The summed E-state index contributed by atoms with van der Waals surface area (Å²) in [6, 6.07) is 7.80. The first-order valence-corrected chi connectivity index (χ1v) is 7.83. The number of nitrogens with one attached hydrogen (secondary N) is 1. The lowest BCUT2D eigenvalue weighted by Gasteiger charge is -2.34. The van der Waals surface area contributed by atoms with Gasteiger partial charge in [-0.15, -0.1) is 0 Å². The molecule has 1 amide bonds. The summed E-state index contributed by atoms with van der Waals surface area (Å²) in [7, 11) is 0. The molecule has 1 N–H and O–H groups in total. The van der Waals surface area contributed by atoms with Gasteiger partial charge in [-0.2, -0.15) is 0 Å². The Balaban J connectivity index is 2.01. The molecule has 1 aromatic rings. The van der Waals surface area contributed by atoms with E-state index in [0.717, 1.165) is 18.5 Å². The number of aryl methyl sites for hydroxylation is 1. The Hall–Kier alpha value is -1.88. The third kappa shape index (κ3) is 4.56. The summed E-state index contributed by atoms with van der Waals surface area (Å²) < 4.78 is 5.11. The summed E-state index contributed by atoms with van der Waals surface area (Å²) in [5.41, 5.74) is 2.35. The lowest BCUT2D eigenvalue weighted by Crippen LogP contribution is -2.55. The van der Waals surface area contributed by atoms with Gasteiger partial charge in [0, 0.05) is 19.6 Å². The number of rotatable bonds is 6. The molecule has 1 aliphatic heterocycles. The van der Waals surface area contributed by atoms with Gasteiger partial charge in [0.2, 0.25) is 5.91 Å². The fourth-order valence-corrected chi connectivity index (χ4v) is 2.53. The van der Waals surface area contributed by atoms with Crippen LogP contribution in [0.15, 0.2) is 24.3 Å². The van der Waals surface area contributed by atoms with E-state index in [-0.39, 0.29) is 18.3 Å². The highest BCUT2D eigenvalue weighted by molar-refractivity contribution is 5.87. The zero-order valence-corrected chi connectivity index (χ0v) is 13.3. The SMILES string of the molecule is CCCOC(=O)C[C@H]1C(=O)NCCN1Cc1ccc(C)cc1. The zero-order chi connectivity index (χ0) is 15.9. The van der Waals surface area contributed by atoms with Crippen molar-refractivity contribution in [3.8, 4) is 0 Å². The second kappa shape index (κ2) is 7.94. The molecule has 120 valence electrons. The molecule has 0 saturated carbocycles. The van der Waals surface area contributed by atoms with Crippen LogP contribution < -0.4 is 5.32 Å². The lowest BCUT2D eigenvalue weighted by molar-refractivity contribution is -0.148. The van der Waals surface area contributed by atoms with E-state index in [9.17, 15) is 9.59 Å². The van der Waals surface area contributed by atoms with Crippen molar-refractivity contribution in [2.24, 2.45) is 0 Å². The Morgan fingerprint density at radius 3 is 2.77 bits per heavy atom. The van der Waals surface area contributed by atoms with E-state index >= 15 is 0 Å². The van der Waals surface area contributed by atoms with Crippen molar-refractivity contribution >= 4 is 11.9 Å². The van der Waals surface area contributed by atoms with E-state index in [0.29, 0.717) is 19.7 Å². The van der Waals surface area contributed by atoms with Crippen LogP contribution in [0, 0.1) is 6.92 Å². The van der Waals surface area contributed by atoms with Crippen LogP contribution in [0.1, 0.15) is 30.9 Å². The fourth-order valence-electron chi connectivity index (χ4n) is 2.53. The molecule has 1 atom stereocenters. The number of hydrogen-bond donors (Lipinski definition) is 1. The van der Waals surface area contributed by atoms with Gasteiger partial charge in [0.15, 0.2) is 0 Å². The van der Waals surface area contributed by atoms with Crippen LogP contribution in [0.2, 0.25) is 0 Å². The number of nitrogens with zero attached hydrogens (tertiary/aromatic N) is 1. The van der Waals surface area contributed by atoms with Gasteiger partial charge in [0.05, 0.1) is 13.0 Å². The number of benzene rings is 1. The minimum absolute atomic E-state index is 0.0909. The maximum Gasteiger partial charge on any atom is 0.307 e. The Morgan fingerprint density at radius 2 is 2.09 bits per heavy atom. The van der Waals surface area contributed by atoms with Crippen LogP contribution in [0.3, 0.4) is 0 Å². The molecular weight excluding hydrogens is 280 g/mol. The van der Waals surface area contributed by atoms with Gasteiger partial charge in [-0.1, -0.05) is 36.8 Å². The van der Waals surface area contributed by atoms with Gasteiger partial charge in [-0.25, -0.2) is 0 Å². The van der Waals surface area contributed by atoms with E-state index in [4.69, 9.17) is 4.74 Å². The quantitative estimate of drug-likeness (QED) is 0.812. The van der Waals surface area contributed by atoms with E-state index in [1.165, 1.54) is 5.56 Å². The van der Waals surface area contributed by atoms with Gasteiger partial charge in [-0.3, -0.25) is 14.5 Å². The smallest absolute Gasteiger partial charge is 0.307 e. The van der Waals surface area contributed by atoms with Gasteiger partial charge in [0.1, 0.15) is 6.04 Å². The predicted octanol–water partition coefficient (Wildman–Crippen LogP) is 1.64. The second-order valence-electron chi connectivity index (χ2n) is 5.69. The molecule has 0 bridgehead atoms. The molecule has 2 rings (SSSR count). The molecule has 0 spiro atoms. The van der Waals surface area contributed by atoms with E-state index in [1.807, 2.05) is 13.8 Å². The van der Waals surface area contributed by atoms with Crippen LogP contribution in [0.5, 0.6) is 0 Å². The molecule has 5 nitrogen and oxygen atoms in total. The minimum Gasteiger partial charge on any atom is -0.466 e. The van der Waals surface area contributed by atoms with Crippen LogP contribution >= 0.6 is 0 Å². The first-order valence-electron chi connectivity index (χ1n) is 7.83. The standard InChI is InChI=1S/C17H24N2O3/c1-3-10-22-16(20)11-15-17(21)18-8-9-19(15)12-14-6-4-13(2)5-7-14/h4-7,15H,3,8-12H2,1-2H3,(H,18,21)/t15-/m0/s1. The summed E-state index contributed by atoms with van der Waals surface area (Å²) >= 11 is 0. The molecule has 0 aromatic heterocycles. The summed E-state index contributed by atoms with van der Waals surface area (Å²) in [5.74, 6) is -0.399. The molecule has 1 saturated heterocycles. The first-order chi connectivity index (χ1) is 10.6. The molecule has 1 aromatic carbocycles. The van der Waals surface area contributed by atoms with Gasteiger partial charge >= 0.3 is 5.97 Å². The Labute approximate surface area is 131 Å². The number of carbonyl (C=O) groups is 2. The number of hydrogen-bond acceptors (Lipinski definition) is 4. The van der Waals surface area contributed by atoms with Crippen molar-refractivity contribution in [2.45, 2.75) is 39.3 Å². The van der Waals surface area contributed by atoms with Gasteiger partial charge in [0.25, 0.3) is 0 Å². The molecule has 5 heteroatoms. The predicted molar refractivity (Wildman–Crippen MR) is 84.3 cm³/mol. The average molecular weight is 304 g/mol. The van der Waals surface area contributed by atoms with Crippen LogP contribution in [-0.4, -0.2) is 42.5 Å². The topological polar surface area (TPSA) is 58.6 Å². The maximum absolute atomic E-state index is 12.1. The highest BCUT2D eigenvalue weighted by Gasteiger charge is 2.32. The van der Waals surface area contributed by atoms with Crippen molar-refractivity contribution in [3.63, 3.8) is 0 Å². The largest absolute Gasteiger partial charge is 0.466 e. The Bertz CT molecular complexity index is 513. The van der Waals surface area contributed by atoms with Crippen LogP contribution in [0.25, 0.3) is 0 Å². The van der Waals surface area contributed by atoms with E-state index in [1.54, 1.807) is 0 Å². The normalized spacial score (nSPS) is 18.8. The second-order valence-corrected chi connectivity index (χ2v) is 5.69. The molecule has 22 heavy (non-hydrogen) atoms. The summed E-state index contributed by atoms with van der Waals surface area (Å²) in [5, 5.41) is 2.83. The molecule has 1 heterocycles. The van der Waals surface area contributed by atoms with Crippen molar-refractivity contribution < 1.29 is 14.3 Å². The van der Waals surface area contributed by atoms with Gasteiger partial charge in [-0.05, 0) is 18.9 Å². The van der Waals surface area contributed by atoms with E-state index in [2.05, 4.69) is 34.5 Å². The average Bonchev–Trinajstić information content (AvgIpc) is 2.51. The number of amides is 1. The molecular formula is C17H24N2O3. The summed E-state index contributed by atoms with van der Waals surface area (Å²) in [6.45, 7) is 6.43. The third-order valence-corrected chi connectivity index (χ3v) is 3.78. The highest BCUT2D eigenvalue weighted by Crippen LogP contribution is 2.15. The number of carbonyl (C=O) groups excluding carboxylic acids is 2. The van der Waals surface area contributed by atoms with Crippen molar-refractivity contribution in [3.05, 3.63) is 35.4 Å². The highest BCUT2D eigenvalue weighted by atomic mass is 16.5. The summed E-state index contributed by atoms with van der Waals surface area (Å²) in [6.07, 6.45) is 0.896. The molecule has 1 fully saturated rings. The third-order valence-electron chi connectivity index (χ3n) is 3.78. The minimum atomic E-state index is -0.445. The Kier molecular flexibility index (Phi) is 5.95. The van der Waals surface area contributed by atoms with Crippen molar-refractivity contribution in [1.82, 2.24) is 10.2 Å². The lowest BCUT2D eigenvalue weighted by atomic mass is 10.1. The van der Waals surface area contributed by atoms with Crippen molar-refractivity contribution in [2.75, 3.05) is 19.7 Å². The van der Waals surface area contributed by atoms with Gasteiger partial charge < -0.3 is 10.1 Å².